The lowest BCUT2D eigenvalue weighted by Crippen LogP contribution is -2.11. The molecule has 0 spiro atoms. The van der Waals surface area contributed by atoms with Gasteiger partial charge in [0, 0.05) is 18.7 Å². The Morgan fingerprint density at radius 2 is 1.87 bits per heavy atom. The highest BCUT2D eigenvalue weighted by atomic mass is 19.1. The molecule has 0 aromatic heterocycles. The van der Waals surface area contributed by atoms with Crippen molar-refractivity contribution in [2.75, 3.05) is 10.6 Å². The van der Waals surface area contributed by atoms with Gasteiger partial charge < -0.3 is 10.6 Å². The molecule has 0 aliphatic carbocycles. The molecular formula is C18H17FN2O2. The Balaban J connectivity index is 2.09. The van der Waals surface area contributed by atoms with Crippen LogP contribution in [0.3, 0.4) is 0 Å². The summed E-state index contributed by atoms with van der Waals surface area (Å²) in [6.45, 7) is 3.31. The number of benzene rings is 2. The Hall–Kier alpha value is -2.95. The molecule has 0 unspecified atom stereocenters. The van der Waals surface area contributed by atoms with E-state index in [-0.39, 0.29) is 11.6 Å². The highest BCUT2D eigenvalue weighted by Gasteiger charge is 2.07. The zero-order chi connectivity index (χ0) is 16.8. The van der Waals surface area contributed by atoms with Crippen molar-refractivity contribution in [3.63, 3.8) is 0 Å². The maximum Gasteiger partial charge on any atom is 0.248 e. The molecule has 0 fully saturated rings. The van der Waals surface area contributed by atoms with Gasteiger partial charge in [-0.25, -0.2) is 4.39 Å². The molecule has 0 heterocycles. The van der Waals surface area contributed by atoms with Crippen molar-refractivity contribution >= 4 is 29.3 Å². The minimum atomic E-state index is -0.573. The van der Waals surface area contributed by atoms with E-state index in [1.807, 2.05) is 31.2 Å². The van der Waals surface area contributed by atoms with Gasteiger partial charge in [0.15, 0.2) is 0 Å². The normalized spacial score (nSPS) is 10.6. The molecule has 4 nitrogen and oxygen atoms in total. The van der Waals surface area contributed by atoms with Gasteiger partial charge in [0.05, 0.1) is 5.69 Å². The summed E-state index contributed by atoms with van der Waals surface area (Å²) in [5.41, 5.74) is 2.39. The molecule has 118 valence electrons. The number of carbonyl (C=O) groups is 2. The van der Waals surface area contributed by atoms with Gasteiger partial charge in [-0.15, -0.1) is 0 Å². The first-order valence-electron chi connectivity index (χ1n) is 7.07. The summed E-state index contributed by atoms with van der Waals surface area (Å²) in [7, 11) is 0. The van der Waals surface area contributed by atoms with Crippen molar-refractivity contribution in [1.82, 2.24) is 0 Å². The first-order valence-corrected chi connectivity index (χ1v) is 7.07. The van der Waals surface area contributed by atoms with Crippen LogP contribution in [0.1, 0.15) is 18.1 Å². The average molecular weight is 312 g/mol. The maximum atomic E-state index is 13.7. The molecule has 0 saturated heterocycles. The predicted molar refractivity (Wildman–Crippen MR) is 89.5 cm³/mol. The van der Waals surface area contributed by atoms with E-state index < -0.39 is 11.7 Å². The average Bonchev–Trinajstić information content (AvgIpc) is 2.48. The van der Waals surface area contributed by atoms with Gasteiger partial charge in [0.2, 0.25) is 11.8 Å². The topological polar surface area (TPSA) is 58.2 Å². The summed E-state index contributed by atoms with van der Waals surface area (Å²) in [6.07, 6.45) is 2.98. The number of hydrogen-bond donors (Lipinski definition) is 2. The molecule has 2 aromatic rings. The Morgan fingerprint density at radius 1 is 1.09 bits per heavy atom. The van der Waals surface area contributed by atoms with E-state index in [0.29, 0.717) is 5.69 Å². The first-order chi connectivity index (χ1) is 10.9. The molecule has 2 aromatic carbocycles. The third kappa shape index (κ3) is 5.07. The Labute approximate surface area is 134 Å². The van der Waals surface area contributed by atoms with E-state index in [1.54, 1.807) is 6.08 Å². The number of hydrogen-bond acceptors (Lipinski definition) is 2. The monoisotopic (exact) mass is 312 g/mol. The van der Waals surface area contributed by atoms with Crippen molar-refractivity contribution in [2.24, 2.45) is 0 Å². The highest BCUT2D eigenvalue weighted by molar-refractivity contribution is 6.02. The molecule has 0 saturated carbocycles. The minimum absolute atomic E-state index is 0.00939. The summed E-state index contributed by atoms with van der Waals surface area (Å²) in [5.74, 6) is -1.30. The number of anilines is 2. The van der Waals surface area contributed by atoms with E-state index in [4.69, 9.17) is 0 Å². The van der Waals surface area contributed by atoms with Crippen LogP contribution in [0.25, 0.3) is 6.08 Å². The summed E-state index contributed by atoms with van der Waals surface area (Å²) in [5, 5.41) is 4.99. The van der Waals surface area contributed by atoms with Gasteiger partial charge >= 0.3 is 0 Å². The van der Waals surface area contributed by atoms with Crippen LogP contribution in [0.15, 0.2) is 48.5 Å². The molecular weight excluding hydrogens is 295 g/mol. The predicted octanol–water partition coefficient (Wildman–Crippen LogP) is 3.74. The molecule has 2 rings (SSSR count). The van der Waals surface area contributed by atoms with Gasteiger partial charge in [-0.1, -0.05) is 29.8 Å². The summed E-state index contributed by atoms with van der Waals surface area (Å²) in [6, 6.07) is 11.6. The fourth-order valence-corrected chi connectivity index (χ4v) is 2.02. The Morgan fingerprint density at radius 3 is 2.57 bits per heavy atom. The summed E-state index contributed by atoms with van der Waals surface area (Å²) < 4.78 is 13.7. The molecule has 0 atom stereocenters. The smallest absolute Gasteiger partial charge is 0.248 e. The van der Waals surface area contributed by atoms with Crippen LogP contribution in [0.5, 0.6) is 0 Å². The molecule has 2 N–H and O–H groups in total. The zero-order valence-electron chi connectivity index (χ0n) is 12.9. The minimum Gasteiger partial charge on any atom is -0.326 e. The molecule has 5 heteroatoms. The zero-order valence-corrected chi connectivity index (χ0v) is 12.9. The number of amides is 2. The SMILES string of the molecule is CC(=O)Nc1ccc(F)c(NC(=O)/C=C/c2cccc(C)c2)c1. The van der Waals surface area contributed by atoms with E-state index in [0.717, 1.165) is 11.1 Å². The second-order valence-electron chi connectivity index (χ2n) is 5.11. The lowest BCUT2D eigenvalue weighted by atomic mass is 10.1. The van der Waals surface area contributed by atoms with Crippen LogP contribution in [-0.4, -0.2) is 11.8 Å². The van der Waals surface area contributed by atoms with E-state index >= 15 is 0 Å². The van der Waals surface area contributed by atoms with Crippen molar-refractivity contribution in [3.05, 3.63) is 65.5 Å². The van der Waals surface area contributed by atoms with Crippen LogP contribution < -0.4 is 10.6 Å². The van der Waals surface area contributed by atoms with Gasteiger partial charge in [-0.2, -0.15) is 0 Å². The van der Waals surface area contributed by atoms with Gasteiger partial charge in [0.1, 0.15) is 5.82 Å². The van der Waals surface area contributed by atoms with Gasteiger partial charge in [-0.3, -0.25) is 9.59 Å². The molecule has 0 aliphatic heterocycles. The van der Waals surface area contributed by atoms with Crippen LogP contribution in [0, 0.1) is 12.7 Å². The fraction of sp³-hybridized carbons (Fsp3) is 0.111. The second kappa shape index (κ2) is 7.35. The maximum absolute atomic E-state index is 13.7. The Bertz CT molecular complexity index is 769. The Kier molecular flexibility index (Phi) is 5.25. The number of halogens is 1. The standard InChI is InChI=1S/C18H17FN2O2/c1-12-4-3-5-14(10-12)6-9-18(23)21-17-11-15(20-13(2)22)7-8-16(17)19/h3-11H,1-2H3,(H,20,22)(H,21,23)/b9-6+. The van der Waals surface area contributed by atoms with E-state index in [1.165, 1.54) is 31.2 Å². The van der Waals surface area contributed by atoms with Crippen LogP contribution in [-0.2, 0) is 9.59 Å². The van der Waals surface area contributed by atoms with Gasteiger partial charge in [-0.05, 0) is 36.8 Å². The lowest BCUT2D eigenvalue weighted by Gasteiger charge is -2.07. The second-order valence-corrected chi connectivity index (χ2v) is 5.11. The van der Waals surface area contributed by atoms with Crippen LogP contribution >= 0.6 is 0 Å². The quantitative estimate of drug-likeness (QED) is 0.845. The van der Waals surface area contributed by atoms with E-state index in [9.17, 15) is 14.0 Å². The third-order valence-electron chi connectivity index (χ3n) is 3.01. The van der Waals surface area contributed by atoms with Crippen molar-refractivity contribution in [3.8, 4) is 0 Å². The third-order valence-corrected chi connectivity index (χ3v) is 3.01. The number of carbonyl (C=O) groups excluding carboxylic acids is 2. The van der Waals surface area contributed by atoms with Crippen molar-refractivity contribution in [1.29, 1.82) is 0 Å². The summed E-state index contributed by atoms with van der Waals surface area (Å²) in [4.78, 5) is 22.9. The molecule has 23 heavy (non-hydrogen) atoms. The summed E-state index contributed by atoms with van der Waals surface area (Å²) >= 11 is 0. The largest absolute Gasteiger partial charge is 0.326 e. The van der Waals surface area contributed by atoms with Crippen LogP contribution in [0.4, 0.5) is 15.8 Å². The van der Waals surface area contributed by atoms with E-state index in [2.05, 4.69) is 10.6 Å². The highest BCUT2D eigenvalue weighted by Crippen LogP contribution is 2.19. The van der Waals surface area contributed by atoms with Crippen LogP contribution in [0.2, 0.25) is 0 Å². The van der Waals surface area contributed by atoms with Gasteiger partial charge in [0.25, 0.3) is 0 Å². The molecule has 2 amide bonds. The molecule has 0 radical (unpaired) electrons. The number of rotatable bonds is 4. The van der Waals surface area contributed by atoms with Crippen molar-refractivity contribution < 1.29 is 14.0 Å². The molecule has 0 aliphatic rings. The number of aryl methyl sites for hydroxylation is 1. The van der Waals surface area contributed by atoms with Crippen molar-refractivity contribution in [2.45, 2.75) is 13.8 Å². The molecule has 0 bridgehead atoms. The fourth-order valence-electron chi connectivity index (χ4n) is 2.02. The first kappa shape index (κ1) is 16.4. The number of nitrogens with one attached hydrogen (secondary N) is 2. The lowest BCUT2D eigenvalue weighted by molar-refractivity contribution is -0.114.